The number of amides is 2. The molecule has 2 amide bonds. The molecule has 2 rings (SSSR count). The van der Waals surface area contributed by atoms with Gasteiger partial charge in [-0.15, -0.1) is 0 Å². The Kier molecular flexibility index (Phi) is 10.1. The summed E-state index contributed by atoms with van der Waals surface area (Å²) in [5.41, 5.74) is 0.951. The van der Waals surface area contributed by atoms with Crippen LogP contribution in [0.3, 0.4) is 0 Å². The first-order valence-corrected chi connectivity index (χ1v) is 14.3. The monoisotopic (exact) mass is 575 g/mol. The Balaban J connectivity index is 2.54. The highest BCUT2D eigenvalue weighted by Gasteiger charge is 2.33. The number of aryl methyl sites for hydroxylation is 1. The van der Waals surface area contributed by atoms with Gasteiger partial charge in [0.1, 0.15) is 12.6 Å². The van der Waals surface area contributed by atoms with Crippen molar-refractivity contribution >= 4 is 62.3 Å². The zero-order chi connectivity index (χ0) is 27.4. The molecule has 0 spiro atoms. The highest BCUT2D eigenvalue weighted by molar-refractivity contribution is 7.92. The fraction of sp³-hybridized carbons (Fsp3) is 0.440. The SMILES string of the molecule is CC[C@@H](C(=O)NC(C)(C)C)N(Cc1ccc(Cl)cc1Cl)C(=O)CN(c1cc(Cl)ccc1C)S(C)(=O)=O. The number of halogens is 3. The van der Waals surface area contributed by atoms with Crippen LogP contribution in [0.2, 0.25) is 15.1 Å². The van der Waals surface area contributed by atoms with Crippen molar-refractivity contribution in [3.63, 3.8) is 0 Å². The summed E-state index contributed by atoms with van der Waals surface area (Å²) in [4.78, 5) is 28.3. The van der Waals surface area contributed by atoms with Crippen molar-refractivity contribution in [3.8, 4) is 0 Å². The van der Waals surface area contributed by atoms with Crippen LogP contribution in [-0.4, -0.2) is 49.5 Å². The number of rotatable bonds is 9. The standard InChI is InChI=1S/C25H32Cl3N3O4S/c1-7-21(24(33)29-25(3,4)5)30(14-17-9-11-18(26)12-20(17)28)23(32)15-31(36(6,34)35)22-13-19(27)10-8-16(22)2/h8-13,21H,7,14-15H2,1-6H3,(H,29,33)/t21-/m0/s1. The third kappa shape index (κ3) is 8.26. The average Bonchev–Trinajstić information content (AvgIpc) is 2.73. The van der Waals surface area contributed by atoms with Crippen molar-refractivity contribution in [2.24, 2.45) is 0 Å². The predicted molar refractivity (Wildman–Crippen MR) is 147 cm³/mol. The molecule has 0 radical (unpaired) electrons. The molecule has 0 aliphatic carbocycles. The molecule has 1 atom stereocenters. The van der Waals surface area contributed by atoms with E-state index < -0.39 is 34.1 Å². The summed E-state index contributed by atoms with van der Waals surface area (Å²) in [6.45, 7) is 8.49. The Hall–Kier alpha value is -2.00. The van der Waals surface area contributed by atoms with Gasteiger partial charge in [-0.1, -0.05) is 53.9 Å². The van der Waals surface area contributed by atoms with Crippen molar-refractivity contribution in [2.45, 2.75) is 59.2 Å². The van der Waals surface area contributed by atoms with Gasteiger partial charge in [0.15, 0.2) is 0 Å². The van der Waals surface area contributed by atoms with E-state index in [9.17, 15) is 18.0 Å². The highest BCUT2D eigenvalue weighted by Crippen LogP contribution is 2.28. The van der Waals surface area contributed by atoms with Gasteiger partial charge in [-0.05, 0) is 69.5 Å². The van der Waals surface area contributed by atoms with E-state index in [1.165, 1.54) is 11.0 Å². The molecule has 2 aromatic carbocycles. The van der Waals surface area contributed by atoms with E-state index in [1.807, 2.05) is 20.8 Å². The molecule has 7 nitrogen and oxygen atoms in total. The lowest BCUT2D eigenvalue weighted by atomic mass is 10.1. The molecular formula is C25H32Cl3N3O4S. The first-order valence-electron chi connectivity index (χ1n) is 11.3. The quantitative estimate of drug-likeness (QED) is 0.430. The van der Waals surface area contributed by atoms with Gasteiger partial charge in [-0.2, -0.15) is 0 Å². The van der Waals surface area contributed by atoms with Crippen LogP contribution in [0, 0.1) is 6.92 Å². The van der Waals surface area contributed by atoms with Crippen LogP contribution in [0.25, 0.3) is 0 Å². The predicted octanol–water partition coefficient (Wildman–Crippen LogP) is 5.44. The summed E-state index contributed by atoms with van der Waals surface area (Å²) in [6.07, 6.45) is 1.32. The Labute approximate surface area is 228 Å². The smallest absolute Gasteiger partial charge is 0.244 e. The topological polar surface area (TPSA) is 86.8 Å². The maximum atomic E-state index is 13.8. The molecule has 2 aromatic rings. The van der Waals surface area contributed by atoms with Gasteiger partial charge in [0, 0.05) is 27.2 Å². The molecule has 36 heavy (non-hydrogen) atoms. The third-order valence-electron chi connectivity index (χ3n) is 5.36. The number of carbonyl (C=O) groups excluding carboxylic acids is 2. The van der Waals surface area contributed by atoms with Gasteiger partial charge in [0.25, 0.3) is 0 Å². The first-order chi connectivity index (χ1) is 16.5. The van der Waals surface area contributed by atoms with Gasteiger partial charge in [0.2, 0.25) is 21.8 Å². The molecule has 11 heteroatoms. The van der Waals surface area contributed by atoms with Crippen LogP contribution in [-0.2, 0) is 26.2 Å². The zero-order valence-corrected chi connectivity index (χ0v) is 24.3. The van der Waals surface area contributed by atoms with Crippen molar-refractivity contribution in [3.05, 3.63) is 62.6 Å². The van der Waals surface area contributed by atoms with Gasteiger partial charge in [-0.25, -0.2) is 8.42 Å². The molecule has 0 saturated carbocycles. The number of carbonyl (C=O) groups is 2. The number of sulfonamides is 1. The fourth-order valence-corrected chi connectivity index (χ4v) is 5.19. The number of benzene rings is 2. The summed E-state index contributed by atoms with van der Waals surface area (Å²) in [5, 5.41) is 4.00. The molecule has 0 aliphatic rings. The minimum Gasteiger partial charge on any atom is -0.350 e. The van der Waals surface area contributed by atoms with Gasteiger partial charge < -0.3 is 10.2 Å². The van der Waals surface area contributed by atoms with E-state index in [1.54, 1.807) is 44.2 Å². The Morgan fingerprint density at radius 2 is 1.61 bits per heavy atom. The van der Waals surface area contributed by atoms with Crippen LogP contribution in [0.1, 0.15) is 45.2 Å². The normalized spacial score (nSPS) is 12.7. The summed E-state index contributed by atoms with van der Waals surface area (Å²) in [5.74, 6) is -0.921. The second kappa shape index (κ2) is 12.0. The number of anilines is 1. The van der Waals surface area contributed by atoms with E-state index >= 15 is 0 Å². The number of hydrogen-bond acceptors (Lipinski definition) is 4. The van der Waals surface area contributed by atoms with Gasteiger partial charge in [-0.3, -0.25) is 13.9 Å². The lowest BCUT2D eigenvalue weighted by Gasteiger charge is -2.35. The van der Waals surface area contributed by atoms with Crippen LogP contribution >= 0.6 is 34.8 Å². The minimum absolute atomic E-state index is 0.0168. The fourth-order valence-electron chi connectivity index (χ4n) is 3.65. The molecular weight excluding hydrogens is 545 g/mol. The Morgan fingerprint density at radius 1 is 1.03 bits per heavy atom. The van der Waals surface area contributed by atoms with E-state index in [0.29, 0.717) is 32.6 Å². The van der Waals surface area contributed by atoms with E-state index in [2.05, 4.69) is 5.32 Å². The highest BCUT2D eigenvalue weighted by atomic mass is 35.5. The van der Waals surface area contributed by atoms with Gasteiger partial charge in [0.05, 0.1) is 11.9 Å². The Morgan fingerprint density at radius 3 is 2.14 bits per heavy atom. The summed E-state index contributed by atoms with van der Waals surface area (Å²) >= 11 is 18.5. The molecule has 0 aromatic heterocycles. The second-order valence-electron chi connectivity index (χ2n) is 9.62. The molecule has 0 unspecified atom stereocenters. The van der Waals surface area contributed by atoms with Crippen molar-refractivity contribution in [1.29, 1.82) is 0 Å². The maximum absolute atomic E-state index is 13.8. The largest absolute Gasteiger partial charge is 0.350 e. The lowest BCUT2D eigenvalue weighted by molar-refractivity contribution is -0.141. The first kappa shape index (κ1) is 30.2. The molecule has 198 valence electrons. The molecule has 0 heterocycles. The van der Waals surface area contributed by atoms with E-state index in [-0.39, 0.29) is 18.1 Å². The molecule has 0 saturated heterocycles. The lowest BCUT2D eigenvalue weighted by Crippen LogP contribution is -2.55. The summed E-state index contributed by atoms with van der Waals surface area (Å²) < 4.78 is 26.5. The van der Waals surface area contributed by atoms with E-state index in [0.717, 1.165) is 10.6 Å². The number of hydrogen-bond donors (Lipinski definition) is 1. The number of nitrogens with zero attached hydrogens (tertiary/aromatic N) is 2. The summed E-state index contributed by atoms with van der Waals surface area (Å²) in [7, 11) is -3.87. The van der Waals surface area contributed by atoms with E-state index in [4.69, 9.17) is 34.8 Å². The van der Waals surface area contributed by atoms with Crippen LogP contribution in [0.15, 0.2) is 36.4 Å². The van der Waals surface area contributed by atoms with Gasteiger partial charge >= 0.3 is 0 Å². The van der Waals surface area contributed by atoms with Crippen LogP contribution in [0.4, 0.5) is 5.69 Å². The maximum Gasteiger partial charge on any atom is 0.244 e. The zero-order valence-electron chi connectivity index (χ0n) is 21.2. The van der Waals surface area contributed by atoms with Crippen molar-refractivity contribution in [2.75, 3.05) is 17.1 Å². The van der Waals surface area contributed by atoms with Crippen LogP contribution in [0.5, 0.6) is 0 Å². The Bertz CT molecular complexity index is 1230. The average molecular weight is 577 g/mol. The minimum atomic E-state index is -3.87. The summed E-state index contributed by atoms with van der Waals surface area (Å²) in [6, 6.07) is 8.81. The van der Waals surface area contributed by atoms with Crippen LogP contribution < -0.4 is 9.62 Å². The molecule has 1 N–H and O–H groups in total. The third-order valence-corrected chi connectivity index (χ3v) is 7.31. The molecule has 0 aliphatic heterocycles. The molecule has 0 bridgehead atoms. The molecule has 0 fully saturated rings. The number of nitrogens with one attached hydrogen (secondary N) is 1. The second-order valence-corrected chi connectivity index (χ2v) is 12.8. The van der Waals surface area contributed by atoms with Crippen molar-refractivity contribution in [1.82, 2.24) is 10.2 Å². The van der Waals surface area contributed by atoms with Crippen molar-refractivity contribution < 1.29 is 18.0 Å².